The van der Waals surface area contributed by atoms with Crippen molar-refractivity contribution in [1.82, 2.24) is 9.97 Å². The molecule has 1 saturated carbocycles. The van der Waals surface area contributed by atoms with Gasteiger partial charge in [-0.1, -0.05) is 17.7 Å². The number of nitrogens with zero attached hydrogens (tertiary/aromatic N) is 2. The number of carbonyl (C=O) groups excluding carboxylic acids is 1. The van der Waals surface area contributed by atoms with Gasteiger partial charge in [-0.2, -0.15) is 9.97 Å². The van der Waals surface area contributed by atoms with E-state index >= 15 is 0 Å². The van der Waals surface area contributed by atoms with Gasteiger partial charge >= 0.3 is 5.97 Å². The van der Waals surface area contributed by atoms with Crippen LogP contribution >= 0.6 is 11.6 Å². The third-order valence-electron chi connectivity index (χ3n) is 4.44. The molecule has 0 amide bonds. The summed E-state index contributed by atoms with van der Waals surface area (Å²) in [6.45, 7) is 0. The quantitative estimate of drug-likeness (QED) is 0.513. The molecule has 0 bridgehead atoms. The minimum atomic E-state index is -1.12. The number of hydrogen-bond acceptors (Lipinski definition) is 6. The van der Waals surface area contributed by atoms with Crippen molar-refractivity contribution in [3.63, 3.8) is 0 Å². The molecule has 9 heteroatoms. The van der Waals surface area contributed by atoms with Gasteiger partial charge < -0.3 is 14.2 Å². The second-order valence-electron chi connectivity index (χ2n) is 6.64. The Bertz CT molecular complexity index is 1120. The molecule has 3 aromatic rings. The van der Waals surface area contributed by atoms with Crippen molar-refractivity contribution >= 4 is 17.6 Å². The monoisotopic (exact) mass is 432 g/mol. The van der Waals surface area contributed by atoms with Crippen LogP contribution in [0.3, 0.4) is 0 Å². The second-order valence-corrected chi connectivity index (χ2v) is 7.05. The Balaban J connectivity index is 1.73. The van der Waals surface area contributed by atoms with Crippen molar-refractivity contribution in [3.05, 3.63) is 65.2 Å². The summed E-state index contributed by atoms with van der Waals surface area (Å²) in [6.07, 6.45) is 0.934. The van der Waals surface area contributed by atoms with Crippen LogP contribution in [0.15, 0.2) is 48.5 Å². The number of benzene rings is 2. The van der Waals surface area contributed by atoms with Gasteiger partial charge in [-0.3, -0.25) is 0 Å². The minimum absolute atomic E-state index is 0.0247. The maximum absolute atomic E-state index is 13.9. The Hall–Kier alpha value is -3.26. The van der Waals surface area contributed by atoms with Crippen LogP contribution in [0.4, 0.5) is 8.78 Å². The molecule has 154 valence electrons. The summed E-state index contributed by atoms with van der Waals surface area (Å²) < 4.78 is 43.6. The minimum Gasteiger partial charge on any atom is -0.466 e. The highest BCUT2D eigenvalue weighted by atomic mass is 35.5. The third kappa shape index (κ3) is 4.18. The van der Waals surface area contributed by atoms with Gasteiger partial charge in [0.2, 0.25) is 17.4 Å². The average molecular weight is 433 g/mol. The largest absolute Gasteiger partial charge is 0.466 e. The van der Waals surface area contributed by atoms with Gasteiger partial charge in [-0.15, -0.1) is 0 Å². The van der Waals surface area contributed by atoms with Crippen LogP contribution in [-0.4, -0.2) is 28.6 Å². The zero-order valence-electron chi connectivity index (χ0n) is 15.7. The Morgan fingerprint density at radius 2 is 1.83 bits per heavy atom. The molecule has 1 fully saturated rings. The topological polar surface area (TPSA) is 70.5 Å². The summed E-state index contributed by atoms with van der Waals surface area (Å²) in [4.78, 5) is 20.5. The van der Waals surface area contributed by atoms with Crippen LogP contribution in [0.2, 0.25) is 5.02 Å². The van der Waals surface area contributed by atoms with Crippen LogP contribution in [-0.2, 0) is 9.53 Å². The number of carbonyl (C=O) groups is 1. The SMILES string of the molecule is COC(=O)C1(Oc2cc(Oc3cccc(F)c3)nc(-c3ccc(Cl)c(F)c3)n2)CC1. The fourth-order valence-electron chi connectivity index (χ4n) is 2.77. The summed E-state index contributed by atoms with van der Waals surface area (Å²) in [6, 6.07) is 10.9. The smallest absolute Gasteiger partial charge is 0.350 e. The van der Waals surface area contributed by atoms with E-state index in [1.54, 1.807) is 6.07 Å². The molecule has 6 nitrogen and oxygen atoms in total. The van der Waals surface area contributed by atoms with Crippen molar-refractivity contribution in [1.29, 1.82) is 0 Å². The normalized spacial score (nSPS) is 14.1. The Labute approximate surface area is 175 Å². The van der Waals surface area contributed by atoms with Crippen molar-refractivity contribution in [2.45, 2.75) is 18.4 Å². The van der Waals surface area contributed by atoms with Gasteiger partial charge in [0.25, 0.3) is 0 Å². The van der Waals surface area contributed by atoms with E-state index in [-0.39, 0.29) is 28.4 Å². The zero-order chi connectivity index (χ0) is 21.3. The highest BCUT2D eigenvalue weighted by molar-refractivity contribution is 6.30. The van der Waals surface area contributed by atoms with Crippen molar-refractivity contribution in [3.8, 4) is 28.9 Å². The molecule has 0 spiro atoms. The summed E-state index contributed by atoms with van der Waals surface area (Å²) in [7, 11) is 1.27. The molecule has 1 aromatic heterocycles. The fraction of sp³-hybridized carbons (Fsp3) is 0.190. The molecular formula is C21H15ClF2N2O4. The molecule has 0 saturated heterocycles. The van der Waals surface area contributed by atoms with Crippen LogP contribution in [0, 0.1) is 11.6 Å². The first-order chi connectivity index (χ1) is 14.4. The Morgan fingerprint density at radius 1 is 1.07 bits per heavy atom. The van der Waals surface area contributed by atoms with Gasteiger partial charge in [-0.25, -0.2) is 13.6 Å². The lowest BCUT2D eigenvalue weighted by Crippen LogP contribution is -2.31. The average Bonchev–Trinajstić information content (AvgIpc) is 3.50. The van der Waals surface area contributed by atoms with Crippen molar-refractivity contribution in [2.24, 2.45) is 0 Å². The number of hydrogen-bond donors (Lipinski definition) is 0. The van der Waals surface area contributed by atoms with Gasteiger partial charge in [0.05, 0.1) is 18.2 Å². The second kappa shape index (κ2) is 7.87. The number of halogens is 3. The van der Waals surface area contributed by atoms with Crippen LogP contribution in [0.1, 0.15) is 12.8 Å². The van der Waals surface area contributed by atoms with E-state index in [2.05, 4.69) is 9.97 Å². The number of rotatable bonds is 6. The molecule has 1 aliphatic carbocycles. The molecule has 0 atom stereocenters. The first-order valence-corrected chi connectivity index (χ1v) is 9.32. The van der Waals surface area contributed by atoms with E-state index < -0.39 is 23.2 Å². The Kier molecular flexibility index (Phi) is 5.26. The lowest BCUT2D eigenvalue weighted by molar-refractivity contribution is -0.151. The number of esters is 1. The lowest BCUT2D eigenvalue weighted by Gasteiger charge is -2.16. The number of methoxy groups -OCH3 is 1. The molecule has 0 radical (unpaired) electrons. The highest BCUT2D eigenvalue weighted by Crippen LogP contribution is 2.42. The molecule has 2 aromatic carbocycles. The highest BCUT2D eigenvalue weighted by Gasteiger charge is 2.54. The maximum Gasteiger partial charge on any atom is 0.350 e. The first kappa shape index (κ1) is 20.0. The van der Waals surface area contributed by atoms with E-state index in [0.29, 0.717) is 18.4 Å². The van der Waals surface area contributed by atoms with Crippen LogP contribution in [0.25, 0.3) is 11.4 Å². The van der Waals surface area contributed by atoms with E-state index in [1.165, 1.54) is 49.6 Å². The third-order valence-corrected chi connectivity index (χ3v) is 4.74. The molecule has 0 aliphatic heterocycles. The molecular weight excluding hydrogens is 418 g/mol. The zero-order valence-corrected chi connectivity index (χ0v) is 16.5. The standard InChI is InChI=1S/C21H15ClF2N2O4/c1-28-20(27)21(7-8-21)30-18-11-17(29-14-4-2-3-13(23)10-14)25-19(26-18)12-5-6-15(22)16(24)9-12/h2-6,9-11H,7-8H2,1H3. The van der Waals surface area contributed by atoms with E-state index in [1.807, 2.05) is 0 Å². The lowest BCUT2D eigenvalue weighted by atomic mass is 10.2. The Morgan fingerprint density at radius 3 is 2.50 bits per heavy atom. The van der Waals surface area contributed by atoms with Crippen molar-refractivity contribution in [2.75, 3.05) is 7.11 Å². The van der Waals surface area contributed by atoms with Crippen molar-refractivity contribution < 1.29 is 27.8 Å². The van der Waals surface area contributed by atoms with Gasteiger partial charge in [0, 0.05) is 24.5 Å². The molecule has 4 rings (SSSR count). The summed E-state index contributed by atoms with van der Waals surface area (Å²) >= 11 is 5.75. The number of aromatic nitrogens is 2. The summed E-state index contributed by atoms with van der Waals surface area (Å²) in [5.41, 5.74) is -0.809. The van der Waals surface area contributed by atoms with E-state index in [0.717, 1.165) is 0 Å². The molecule has 0 unspecified atom stereocenters. The molecule has 1 aliphatic rings. The van der Waals surface area contributed by atoms with Crippen LogP contribution < -0.4 is 9.47 Å². The predicted octanol–water partition coefficient (Wildman–Crippen LogP) is 4.95. The molecule has 1 heterocycles. The van der Waals surface area contributed by atoms with E-state index in [4.69, 9.17) is 25.8 Å². The summed E-state index contributed by atoms with van der Waals surface area (Å²) in [5.74, 6) is -1.32. The van der Waals surface area contributed by atoms with Gasteiger partial charge in [0.1, 0.15) is 17.4 Å². The molecule has 30 heavy (non-hydrogen) atoms. The van der Waals surface area contributed by atoms with Gasteiger partial charge in [0.15, 0.2) is 5.82 Å². The van der Waals surface area contributed by atoms with E-state index in [9.17, 15) is 13.6 Å². The van der Waals surface area contributed by atoms with Gasteiger partial charge in [-0.05, 0) is 30.3 Å². The fourth-order valence-corrected chi connectivity index (χ4v) is 2.89. The number of ether oxygens (including phenoxy) is 3. The van der Waals surface area contributed by atoms with Crippen LogP contribution in [0.5, 0.6) is 17.5 Å². The molecule has 0 N–H and O–H groups in total. The first-order valence-electron chi connectivity index (χ1n) is 8.94. The maximum atomic E-state index is 13.9. The predicted molar refractivity (Wildman–Crippen MR) is 104 cm³/mol. The summed E-state index contributed by atoms with van der Waals surface area (Å²) in [5, 5.41) is -0.0509.